The van der Waals surface area contributed by atoms with E-state index in [2.05, 4.69) is 24.5 Å². The number of hydrogen-bond acceptors (Lipinski definition) is 2. The van der Waals surface area contributed by atoms with Gasteiger partial charge in [-0.1, -0.05) is 32.6 Å². The number of amides is 1. The van der Waals surface area contributed by atoms with Gasteiger partial charge in [-0.15, -0.1) is 0 Å². The van der Waals surface area contributed by atoms with Gasteiger partial charge < -0.3 is 0 Å². The Morgan fingerprint density at radius 2 is 1.91 bits per heavy atom. The lowest BCUT2D eigenvalue weighted by Gasteiger charge is -1.93. The SMILES string of the molecule is CCCCCCCC(=O)[N+]S. The minimum Gasteiger partial charge on any atom is -0.217 e. The fraction of sp³-hybridized carbons (Fsp3) is 0.875. The van der Waals surface area contributed by atoms with E-state index < -0.39 is 0 Å². The second-order valence-electron chi connectivity index (χ2n) is 2.66. The highest BCUT2D eigenvalue weighted by atomic mass is 32.1. The Labute approximate surface area is 74.3 Å². The number of carbonyl (C=O) groups excluding carboxylic acids is 1. The zero-order valence-electron chi connectivity index (χ0n) is 7.05. The predicted molar refractivity (Wildman–Crippen MR) is 49.5 cm³/mol. The lowest BCUT2D eigenvalue weighted by atomic mass is 10.1. The van der Waals surface area contributed by atoms with Crippen LogP contribution in [0.25, 0.3) is 0 Å². The third-order valence-corrected chi connectivity index (χ3v) is 1.83. The summed E-state index contributed by atoms with van der Waals surface area (Å²) in [7, 11) is 0. The number of nitrogens with zero attached hydrogens (tertiary/aromatic N) is 1. The third kappa shape index (κ3) is 7.88. The molecule has 3 heteroatoms. The van der Waals surface area contributed by atoms with E-state index in [0.29, 0.717) is 6.42 Å². The topological polar surface area (TPSA) is 31.2 Å². The average Bonchev–Trinajstić information content (AvgIpc) is 2.04. The van der Waals surface area contributed by atoms with Crippen LogP contribution in [-0.2, 0) is 4.79 Å². The molecule has 0 rings (SSSR count). The van der Waals surface area contributed by atoms with E-state index in [9.17, 15) is 4.79 Å². The fourth-order valence-corrected chi connectivity index (χ4v) is 1.03. The molecule has 0 aliphatic heterocycles. The highest BCUT2D eigenvalue weighted by molar-refractivity contribution is 7.78. The molecule has 0 N–H and O–H groups in total. The lowest BCUT2D eigenvalue weighted by molar-refractivity contribution is -0.119. The van der Waals surface area contributed by atoms with Gasteiger partial charge in [-0.2, -0.15) is 0 Å². The molecule has 0 fully saturated rings. The van der Waals surface area contributed by atoms with Crippen molar-refractivity contribution in [2.24, 2.45) is 0 Å². The van der Waals surface area contributed by atoms with Crippen LogP contribution in [0.15, 0.2) is 0 Å². The Balaban J connectivity index is 2.95. The van der Waals surface area contributed by atoms with Crippen LogP contribution in [0.5, 0.6) is 0 Å². The molecule has 0 saturated heterocycles. The van der Waals surface area contributed by atoms with Crippen molar-refractivity contribution in [3.63, 3.8) is 0 Å². The van der Waals surface area contributed by atoms with Crippen LogP contribution in [0.4, 0.5) is 0 Å². The maximum Gasteiger partial charge on any atom is 0.437 e. The average molecular weight is 174 g/mol. The minimum absolute atomic E-state index is 0.0927. The van der Waals surface area contributed by atoms with Gasteiger partial charge in [0.05, 0.1) is 6.42 Å². The Bertz CT molecular complexity index is 106. The highest BCUT2D eigenvalue weighted by Crippen LogP contribution is 2.04. The van der Waals surface area contributed by atoms with Crippen molar-refractivity contribution in [1.29, 1.82) is 0 Å². The van der Waals surface area contributed by atoms with E-state index in [1.807, 2.05) is 0 Å². The summed E-state index contributed by atoms with van der Waals surface area (Å²) in [6, 6.07) is 0. The summed E-state index contributed by atoms with van der Waals surface area (Å²) >= 11 is 3.53. The van der Waals surface area contributed by atoms with Gasteiger partial charge in [-0.05, 0) is 6.42 Å². The van der Waals surface area contributed by atoms with Crippen LogP contribution in [-0.4, -0.2) is 5.91 Å². The quantitative estimate of drug-likeness (QED) is 0.486. The van der Waals surface area contributed by atoms with E-state index >= 15 is 0 Å². The lowest BCUT2D eigenvalue weighted by Crippen LogP contribution is -2.04. The first-order chi connectivity index (χ1) is 5.31. The standard InChI is InChI=1S/C8H16NOS/c1-2-3-4-5-6-7-8(10)9-11/h11H,2-7H2,1H3/q+1. The van der Waals surface area contributed by atoms with Crippen molar-refractivity contribution in [3.05, 3.63) is 0 Å². The van der Waals surface area contributed by atoms with Gasteiger partial charge in [0.1, 0.15) is 0 Å². The van der Waals surface area contributed by atoms with Crippen molar-refractivity contribution in [1.82, 2.24) is 4.72 Å². The van der Waals surface area contributed by atoms with Crippen LogP contribution in [0.1, 0.15) is 45.4 Å². The number of rotatable bonds is 6. The van der Waals surface area contributed by atoms with Gasteiger partial charge in [-0.25, -0.2) is 4.79 Å². The Hall–Kier alpha value is -0.0200. The maximum absolute atomic E-state index is 10.6. The third-order valence-electron chi connectivity index (χ3n) is 1.61. The number of unbranched alkanes of at least 4 members (excludes halogenated alkanes) is 4. The molecule has 0 aliphatic rings. The van der Waals surface area contributed by atoms with Crippen LogP contribution < -0.4 is 4.72 Å². The zero-order valence-corrected chi connectivity index (χ0v) is 7.94. The van der Waals surface area contributed by atoms with E-state index in [1.54, 1.807) is 0 Å². The molecule has 0 aliphatic carbocycles. The number of hydrogen-bond donors (Lipinski definition) is 1. The zero-order chi connectivity index (χ0) is 8.53. The van der Waals surface area contributed by atoms with Gasteiger partial charge in [0.2, 0.25) is 4.72 Å². The molecule has 0 unspecified atom stereocenters. The molecule has 2 nitrogen and oxygen atoms in total. The molecule has 0 atom stereocenters. The largest absolute Gasteiger partial charge is 0.437 e. The summed E-state index contributed by atoms with van der Waals surface area (Å²) in [4.78, 5) is 10.6. The normalized spacial score (nSPS) is 10.0. The highest BCUT2D eigenvalue weighted by Gasteiger charge is 2.12. The second kappa shape index (κ2) is 8.08. The number of thiol groups is 1. The van der Waals surface area contributed by atoms with Crippen LogP contribution in [0.2, 0.25) is 0 Å². The van der Waals surface area contributed by atoms with Gasteiger partial charge in [0.25, 0.3) is 0 Å². The molecule has 0 heterocycles. The molecular weight excluding hydrogens is 158 g/mol. The molecule has 64 valence electrons. The monoisotopic (exact) mass is 174 g/mol. The van der Waals surface area contributed by atoms with Crippen molar-refractivity contribution in [2.45, 2.75) is 45.4 Å². The van der Waals surface area contributed by atoms with E-state index in [4.69, 9.17) is 0 Å². The van der Waals surface area contributed by atoms with E-state index in [-0.39, 0.29) is 5.91 Å². The molecule has 0 aromatic rings. The van der Waals surface area contributed by atoms with Gasteiger partial charge in [0, 0.05) is 0 Å². The maximum atomic E-state index is 10.6. The molecule has 0 aromatic heterocycles. The first-order valence-electron chi connectivity index (χ1n) is 4.19. The number of carbonyl (C=O) groups is 1. The summed E-state index contributed by atoms with van der Waals surface area (Å²) in [5, 5.41) is 0. The first-order valence-corrected chi connectivity index (χ1v) is 4.59. The fourth-order valence-electron chi connectivity index (χ4n) is 0.930. The Morgan fingerprint density at radius 1 is 1.27 bits per heavy atom. The van der Waals surface area contributed by atoms with Crippen molar-refractivity contribution >= 4 is 18.7 Å². The Morgan fingerprint density at radius 3 is 2.45 bits per heavy atom. The molecule has 11 heavy (non-hydrogen) atoms. The summed E-state index contributed by atoms with van der Waals surface area (Å²) in [5.74, 6) is -0.0927. The first kappa shape index (κ1) is 11.0. The van der Waals surface area contributed by atoms with Gasteiger partial charge in [-0.3, -0.25) is 0 Å². The van der Waals surface area contributed by atoms with Crippen molar-refractivity contribution < 1.29 is 4.79 Å². The summed E-state index contributed by atoms with van der Waals surface area (Å²) in [6.45, 7) is 2.17. The predicted octanol–water partition coefficient (Wildman–Crippen LogP) is 2.32. The summed E-state index contributed by atoms with van der Waals surface area (Å²) < 4.78 is 3.26. The summed E-state index contributed by atoms with van der Waals surface area (Å²) in [6.07, 6.45) is 6.41. The van der Waals surface area contributed by atoms with Crippen molar-refractivity contribution in [2.75, 3.05) is 0 Å². The molecule has 0 bridgehead atoms. The second-order valence-corrected chi connectivity index (χ2v) is 2.86. The Kier molecular flexibility index (Phi) is 8.07. The van der Waals surface area contributed by atoms with Crippen molar-refractivity contribution in [3.8, 4) is 0 Å². The molecule has 1 amide bonds. The molecule has 0 spiro atoms. The van der Waals surface area contributed by atoms with Crippen LogP contribution >= 0.6 is 12.8 Å². The molecule has 2 radical (unpaired) electrons. The minimum atomic E-state index is -0.0927. The smallest absolute Gasteiger partial charge is 0.217 e. The van der Waals surface area contributed by atoms with E-state index in [0.717, 1.165) is 12.8 Å². The summed E-state index contributed by atoms with van der Waals surface area (Å²) in [5.41, 5.74) is 0. The molecule has 0 aromatic carbocycles. The van der Waals surface area contributed by atoms with E-state index in [1.165, 1.54) is 19.3 Å². The molecular formula is C8H16NOS+. The van der Waals surface area contributed by atoms with Gasteiger partial charge in [0.15, 0.2) is 12.8 Å². The molecule has 0 saturated carbocycles. The van der Waals surface area contributed by atoms with Gasteiger partial charge >= 0.3 is 5.91 Å². The van der Waals surface area contributed by atoms with Crippen LogP contribution in [0, 0.1) is 0 Å². The van der Waals surface area contributed by atoms with Crippen LogP contribution in [0.3, 0.4) is 0 Å².